The number of benzene rings is 1. The first-order chi connectivity index (χ1) is 9.38. The van der Waals surface area contributed by atoms with Gasteiger partial charge in [-0.05, 0) is 25.3 Å². The molecule has 1 heteroatoms. The molecular formula is C18H26O. The van der Waals surface area contributed by atoms with E-state index in [0.717, 1.165) is 6.42 Å². The third kappa shape index (κ3) is 6.97. The van der Waals surface area contributed by atoms with Gasteiger partial charge in [-0.2, -0.15) is 0 Å². The molecule has 0 saturated heterocycles. The summed E-state index contributed by atoms with van der Waals surface area (Å²) >= 11 is 0. The normalized spacial score (nSPS) is 13.4. The minimum Gasteiger partial charge on any atom is -0.365 e. The Hall–Kier alpha value is -1.34. The molecule has 104 valence electrons. The first-order valence-corrected chi connectivity index (χ1v) is 7.32. The Morgan fingerprint density at radius 2 is 1.89 bits per heavy atom. The molecule has 0 saturated carbocycles. The van der Waals surface area contributed by atoms with E-state index in [1.54, 1.807) is 0 Å². The highest BCUT2D eigenvalue weighted by atomic mass is 16.5. The molecule has 0 heterocycles. The third-order valence-corrected chi connectivity index (χ3v) is 3.01. The Balaban J connectivity index is 2.35. The van der Waals surface area contributed by atoms with Gasteiger partial charge in [0.2, 0.25) is 0 Å². The van der Waals surface area contributed by atoms with Gasteiger partial charge in [-0.25, -0.2) is 0 Å². The van der Waals surface area contributed by atoms with Gasteiger partial charge >= 0.3 is 0 Å². The molecule has 0 radical (unpaired) electrons. The van der Waals surface area contributed by atoms with Crippen LogP contribution in [0.1, 0.15) is 51.2 Å². The van der Waals surface area contributed by atoms with Crippen molar-refractivity contribution in [2.24, 2.45) is 0 Å². The third-order valence-electron chi connectivity index (χ3n) is 3.01. The number of ether oxygens (including phenoxy) is 1. The van der Waals surface area contributed by atoms with Crippen LogP contribution in [0.3, 0.4) is 0 Å². The minimum atomic E-state index is 0.0616. The van der Waals surface area contributed by atoms with Crippen molar-refractivity contribution in [1.82, 2.24) is 0 Å². The van der Waals surface area contributed by atoms with Gasteiger partial charge in [0.1, 0.15) is 6.10 Å². The minimum absolute atomic E-state index is 0.0616. The Kier molecular flexibility index (Phi) is 8.74. The summed E-state index contributed by atoms with van der Waals surface area (Å²) in [6.07, 6.45) is 13.6. The maximum atomic E-state index is 5.90. The van der Waals surface area contributed by atoms with Gasteiger partial charge in [0.05, 0.1) is 6.61 Å². The monoisotopic (exact) mass is 258 g/mol. The number of unbranched alkanes of at least 4 members (excludes halogenated alkanes) is 3. The van der Waals surface area contributed by atoms with Crippen molar-refractivity contribution in [3.63, 3.8) is 0 Å². The van der Waals surface area contributed by atoms with E-state index in [2.05, 4.69) is 49.4 Å². The zero-order valence-electron chi connectivity index (χ0n) is 12.2. The zero-order chi connectivity index (χ0) is 13.8. The number of hydrogen-bond donors (Lipinski definition) is 0. The maximum Gasteiger partial charge on any atom is 0.101 e. The quantitative estimate of drug-likeness (QED) is 0.422. The number of hydrogen-bond acceptors (Lipinski definition) is 1. The van der Waals surface area contributed by atoms with Crippen LogP contribution >= 0.6 is 0 Å². The molecule has 0 N–H and O–H groups in total. The van der Waals surface area contributed by atoms with E-state index in [4.69, 9.17) is 4.74 Å². The Labute approximate surface area is 118 Å². The van der Waals surface area contributed by atoms with Crippen LogP contribution in [-0.2, 0) is 4.74 Å². The van der Waals surface area contributed by atoms with Crippen molar-refractivity contribution in [3.8, 4) is 0 Å². The standard InChI is InChI=1S/C18H26O/c1-3-5-6-7-8-12-16-19-18(13-4-2)17-14-10-9-11-15-17/h4,8-15,18H,3,5-7,16H2,1-2H3/b12-8+,13-4+/t18-/m0/s1. The van der Waals surface area contributed by atoms with E-state index < -0.39 is 0 Å². The van der Waals surface area contributed by atoms with E-state index >= 15 is 0 Å². The molecule has 1 rings (SSSR count). The SMILES string of the molecule is C/C=C/[C@H](OC/C=C/CCCCC)c1ccccc1. The Bertz CT molecular complexity index is 365. The zero-order valence-corrected chi connectivity index (χ0v) is 12.2. The second-order valence-corrected chi connectivity index (χ2v) is 4.66. The van der Waals surface area contributed by atoms with Crippen molar-refractivity contribution in [3.05, 3.63) is 60.2 Å². The van der Waals surface area contributed by atoms with Crippen molar-refractivity contribution in [1.29, 1.82) is 0 Å². The summed E-state index contributed by atoms with van der Waals surface area (Å²) in [5.41, 5.74) is 1.21. The van der Waals surface area contributed by atoms with Crippen LogP contribution in [0.2, 0.25) is 0 Å². The predicted octanol–water partition coefficient (Wildman–Crippen LogP) is 5.46. The molecule has 0 unspecified atom stereocenters. The highest BCUT2D eigenvalue weighted by Crippen LogP contribution is 2.18. The van der Waals surface area contributed by atoms with Crippen LogP contribution in [0.5, 0.6) is 0 Å². The summed E-state index contributed by atoms with van der Waals surface area (Å²) in [6, 6.07) is 10.3. The first-order valence-electron chi connectivity index (χ1n) is 7.32. The Morgan fingerprint density at radius 3 is 2.58 bits per heavy atom. The molecule has 0 aliphatic rings. The van der Waals surface area contributed by atoms with E-state index in [9.17, 15) is 0 Å². The van der Waals surface area contributed by atoms with Crippen molar-refractivity contribution in [2.45, 2.75) is 45.6 Å². The van der Waals surface area contributed by atoms with E-state index in [1.165, 1.54) is 24.8 Å². The summed E-state index contributed by atoms with van der Waals surface area (Å²) in [5.74, 6) is 0. The summed E-state index contributed by atoms with van der Waals surface area (Å²) in [4.78, 5) is 0. The smallest absolute Gasteiger partial charge is 0.101 e. The summed E-state index contributed by atoms with van der Waals surface area (Å²) in [7, 11) is 0. The summed E-state index contributed by atoms with van der Waals surface area (Å²) in [6.45, 7) is 4.93. The van der Waals surface area contributed by atoms with Crippen LogP contribution in [-0.4, -0.2) is 6.61 Å². The molecule has 1 atom stereocenters. The second-order valence-electron chi connectivity index (χ2n) is 4.66. The lowest BCUT2D eigenvalue weighted by atomic mass is 10.1. The highest BCUT2D eigenvalue weighted by Gasteiger charge is 2.05. The summed E-state index contributed by atoms with van der Waals surface area (Å²) < 4.78 is 5.90. The fourth-order valence-corrected chi connectivity index (χ4v) is 1.94. The van der Waals surface area contributed by atoms with E-state index in [0.29, 0.717) is 6.61 Å². The average molecular weight is 258 g/mol. The molecule has 1 nitrogen and oxygen atoms in total. The first kappa shape index (κ1) is 15.7. The van der Waals surface area contributed by atoms with Crippen molar-refractivity contribution in [2.75, 3.05) is 6.61 Å². The van der Waals surface area contributed by atoms with Crippen molar-refractivity contribution >= 4 is 0 Å². The van der Waals surface area contributed by atoms with Crippen LogP contribution in [0.15, 0.2) is 54.6 Å². The molecule has 0 aliphatic carbocycles. The molecule has 0 bridgehead atoms. The number of rotatable bonds is 9. The highest BCUT2D eigenvalue weighted by molar-refractivity contribution is 5.21. The van der Waals surface area contributed by atoms with Crippen LogP contribution in [0.25, 0.3) is 0 Å². The molecule has 1 aromatic carbocycles. The van der Waals surface area contributed by atoms with Crippen LogP contribution in [0, 0.1) is 0 Å². The lowest BCUT2D eigenvalue weighted by Gasteiger charge is -2.13. The maximum absolute atomic E-state index is 5.90. The molecular weight excluding hydrogens is 232 g/mol. The second kappa shape index (κ2) is 10.6. The topological polar surface area (TPSA) is 9.23 Å². The molecule has 1 aromatic rings. The van der Waals surface area contributed by atoms with Crippen molar-refractivity contribution < 1.29 is 4.74 Å². The molecule has 19 heavy (non-hydrogen) atoms. The lowest BCUT2D eigenvalue weighted by Crippen LogP contribution is -2.01. The van der Waals surface area contributed by atoms with Crippen LogP contribution < -0.4 is 0 Å². The van der Waals surface area contributed by atoms with Crippen LogP contribution in [0.4, 0.5) is 0 Å². The fourth-order valence-electron chi connectivity index (χ4n) is 1.94. The molecule has 0 spiro atoms. The largest absolute Gasteiger partial charge is 0.365 e. The molecule has 0 aromatic heterocycles. The van der Waals surface area contributed by atoms with Gasteiger partial charge in [0.15, 0.2) is 0 Å². The van der Waals surface area contributed by atoms with E-state index in [-0.39, 0.29) is 6.10 Å². The molecule has 0 aliphatic heterocycles. The molecule has 0 fully saturated rings. The van der Waals surface area contributed by atoms with Gasteiger partial charge in [-0.3, -0.25) is 0 Å². The summed E-state index contributed by atoms with van der Waals surface area (Å²) in [5, 5.41) is 0. The van der Waals surface area contributed by atoms with Gasteiger partial charge in [-0.15, -0.1) is 0 Å². The fraction of sp³-hybridized carbons (Fsp3) is 0.444. The predicted molar refractivity (Wildman–Crippen MR) is 83.2 cm³/mol. The molecule has 0 amide bonds. The Morgan fingerprint density at radius 1 is 1.11 bits per heavy atom. The van der Waals surface area contributed by atoms with E-state index in [1.807, 2.05) is 19.1 Å². The van der Waals surface area contributed by atoms with Gasteiger partial charge in [0.25, 0.3) is 0 Å². The lowest BCUT2D eigenvalue weighted by molar-refractivity contribution is 0.110. The van der Waals surface area contributed by atoms with Gasteiger partial charge in [-0.1, -0.05) is 74.4 Å². The van der Waals surface area contributed by atoms with Gasteiger partial charge in [0, 0.05) is 0 Å². The average Bonchev–Trinajstić information content (AvgIpc) is 2.46. The van der Waals surface area contributed by atoms with Gasteiger partial charge < -0.3 is 4.74 Å². The number of allylic oxidation sites excluding steroid dienone is 2.